The summed E-state index contributed by atoms with van der Waals surface area (Å²) in [6, 6.07) is 10.2. The molecule has 0 bridgehead atoms. The minimum Gasteiger partial charge on any atom is -0.508 e. The molecule has 0 spiro atoms. The van der Waals surface area contributed by atoms with Crippen LogP contribution in [0.25, 0.3) is 6.08 Å². The number of aromatic hydroxyl groups is 1. The lowest BCUT2D eigenvalue weighted by Gasteiger charge is -2.31. The normalized spacial score (nSPS) is 12.8. The van der Waals surface area contributed by atoms with Gasteiger partial charge in [-0.2, -0.15) is 0 Å². The number of phenolic OH excluding ortho intramolecular Hbond substituents is 1. The molecule has 2 rings (SSSR count). The Labute approximate surface area is 186 Å². The van der Waals surface area contributed by atoms with Gasteiger partial charge >= 0.3 is 0 Å². The quantitative estimate of drug-likeness (QED) is 0.417. The van der Waals surface area contributed by atoms with Crippen molar-refractivity contribution in [3.05, 3.63) is 59.2 Å². The van der Waals surface area contributed by atoms with Gasteiger partial charge in [0, 0.05) is 11.1 Å². The largest absolute Gasteiger partial charge is 0.508 e. The fourth-order valence-electron chi connectivity index (χ4n) is 3.05. The zero-order valence-electron chi connectivity index (χ0n) is 20.3. The first-order valence-electron chi connectivity index (χ1n) is 10.6. The molecule has 0 amide bonds. The molecular formula is C27H36O4. The fraction of sp³-hybridized carbons (Fsp3) is 0.444. The van der Waals surface area contributed by atoms with E-state index in [1.807, 2.05) is 53.7 Å². The summed E-state index contributed by atoms with van der Waals surface area (Å²) in [5.41, 5.74) is 1.28. The van der Waals surface area contributed by atoms with E-state index >= 15 is 0 Å². The maximum Gasteiger partial charge on any atom is 0.185 e. The van der Waals surface area contributed by atoms with E-state index in [0.717, 1.165) is 16.9 Å². The number of benzene rings is 2. The highest BCUT2D eigenvalue weighted by Crippen LogP contribution is 2.42. The van der Waals surface area contributed by atoms with Crippen LogP contribution in [0.4, 0.5) is 0 Å². The van der Waals surface area contributed by atoms with Gasteiger partial charge < -0.3 is 14.6 Å². The van der Waals surface area contributed by atoms with Crippen molar-refractivity contribution in [2.45, 2.75) is 78.9 Å². The van der Waals surface area contributed by atoms with E-state index in [1.54, 1.807) is 18.2 Å². The molecule has 0 saturated carbocycles. The maximum absolute atomic E-state index is 12.8. The van der Waals surface area contributed by atoms with Gasteiger partial charge in [-0.25, -0.2) is 0 Å². The molecule has 0 atom stereocenters. The minimum atomic E-state index is -0.427. The van der Waals surface area contributed by atoms with Crippen molar-refractivity contribution in [3.8, 4) is 17.2 Å². The van der Waals surface area contributed by atoms with Gasteiger partial charge in [-0.05, 0) is 89.4 Å². The summed E-state index contributed by atoms with van der Waals surface area (Å²) in [5.74, 6) is 1.34. The van der Waals surface area contributed by atoms with Crippen molar-refractivity contribution < 1.29 is 19.4 Å². The van der Waals surface area contributed by atoms with Crippen molar-refractivity contribution >= 4 is 11.9 Å². The third-order valence-electron chi connectivity index (χ3n) is 4.34. The Morgan fingerprint density at radius 1 is 0.806 bits per heavy atom. The van der Waals surface area contributed by atoms with E-state index < -0.39 is 11.2 Å². The Morgan fingerprint density at radius 3 is 1.84 bits per heavy atom. The molecule has 0 aliphatic heterocycles. The number of allylic oxidation sites excluding steroid dienone is 1. The lowest BCUT2D eigenvalue weighted by molar-refractivity contribution is 0.104. The van der Waals surface area contributed by atoms with Crippen LogP contribution in [-0.2, 0) is 5.41 Å². The highest BCUT2D eigenvalue weighted by atomic mass is 16.5. The molecule has 0 unspecified atom stereocenters. The molecule has 2 aromatic carbocycles. The molecule has 0 aliphatic carbocycles. The number of hydrogen-bond donors (Lipinski definition) is 1. The summed E-state index contributed by atoms with van der Waals surface area (Å²) < 4.78 is 12.7. The van der Waals surface area contributed by atoms with E-state index in [0.29, 0.717) is 11.3 Å². The molecule has 4 heteroatoms. The Hall–Kier alpha value is -2.75. The maximum atomic E-state index is 12.8. The van der Waals surface area contributed by atoms with Crippen LogP contribution in [0.15, 0.2) is 42.5 Å². The molecule has 1 N–H and O–H groups in total. The van der Waals surface area contributed by atoms with E-state index in [-0.39, 0.29) is 16.9 Å². The molecule has 0 heterocycles. The second-order valence-electron chi connectivity index (χ2n) is 10.8. The van der Waals surface area contributed by atoms with E-state index in [9.17, 15) is 9.90 Å². The predicted molar refractivity (Wildman–Crippen MR) is 127 cm³/mol. The average Bonchev–Trinajstić information content (AvgIpc) is 2.57. The van der Waals surface area contributed by atoms with Gasteiger partial charge in [0.2, 0.25) is 0 Å². The molecule has 0 radical (unpaired) electrons. The van der Waals surface area contributed by atoms with Gasteiger partial charge in [-0.1, -0.05) is 26.8 Å². The average molecular weight is 425 g/mol. The first kappa shape index (κ1) is 24.5. The second kappa shape index (κ2) is 8.78. The highest BCUT2D eigenvalue weighted by molar-refractivity contribution is 6.07. The predicted octanol–water partition coefficient (Wildman–Crippen LogP) is 6.94. The van der Waals surface area contributed by atoms with Gasteiger partial charge in [0.25, 0.3) is 0 Å². The van der Waals surface area contributed by atoms with Crippen molar-refractivity contribution in [2.24, 2.45) is 0 Å². The van der Waals surface area contributed by atoms with E-state index in [2.05, 4.69) is 20.8 Å². The van der Waals surface area contributed by atoms with Crippen molar-refractivity contribution in [1.82, 2.24) is 0 Å². The Balaban J connectivity index is 2.66. The van der Waals surface area contributed by atoms with Gasteiger partial charge in [-0.3, -0.25) is 4.79 Å². The summed E-state index contributed by atoms with van der Waals surface area (Å²) >= 11 is 0. The zero-order valence-corrected chi connectivity index (χ0v) is 20.3. The Bertz CT molecular complexity index is 947. The lowest BCUT2D eigenvalue weighted by atomic mass is 9.84. The van der Waals surface area contributed by atoms with E-state index in [1.165, 1.54) is 18.2 Å². The van der Waals surface area contributed by atoms with Crippen LogP contribution in [0.2, 0.25) is 0 Å². The van der Waals surface area contributed by atoms with Gasteiger partial charge in [0.05, 0.1) is 5.56 Å². The zero-order chi connectivity index (χ0) is 23.6. The summed E-state index contributed by atoms with van der Waals surface area (Å²) in [6.07, 6.45) is 3.30. The van der Waals surface area contributed by atoms with Crippen LogP contribution in [0, 0.1) is 0 Å². The molecular weight excluding hydrogens is 388 g/mol. The smallest absolute Gasteiger partial charge is 0.185 e. The van der Waals surface area contributed by atoms with Crippen LogP contribution in [-0.4, -0.2) is 22.1 Å². The van der Waals surface area contributed by atoms with Crippen LogP contribution in [0.3, 0.4) is 0 Å². The first-order valence-corrected chi connectivity index (χ1v) is 10.6. The number of carbonyl (C=O) groups excluding carboxylic acids is 1. The van der Waals surface area contributed by atoms with Crippen LogP contribution >= 0.6 is 0 Å². The molecule has 168 valence electrons. The molecule has 0 aliphatic rings. The number of ketones is 1. The minimum absolute atomic E-state index is 0.125. The molecule has 4 nitrogen and oxygen atoms in total. The second-order valence-corrected chi connectivity index (χ2v) is 10.8. The van der Waals surface area contributed by atoms with Crippen LogP contribution < -0.4 is 9.47 Å². The lowest BCUT2D eigenvalue weighted by Crippen LogP contribution is -2.27. The summed E-state index contributed by atoms with van der Waals surface area (Å²) in [4.78, 5) is 12.8. The Kier molecular flexibility index (Phi) is 6.94. The summed E-state index contributed by atoms with van der Waals surface area (Å²) in [7, 11) is 0. The van der Waals surface area contributed by atoms with E-state index in [4.69, 9.17) is 9.47 Å². The molecule has 0 fully saturated rings. The van der Waals surface area contributed by atoms with Gasteiger partial charge in [0.15, 0.2) is 5.78 Å². The van der Waals surface area contributed by atoms with Crippen molar-refractivity contribution in [1.29, 1.82) is 0 Å². The third kappa shape index (κ3) is 7.16. The van der Waals surface area contributed by atoms with Gasteiger partial charge in [-0.15, -0.1) is 0 Å². The molecule has 2 aromatic rings. The number of carbonyl (C=O) groups is 1. The number of phenols is 1. The molecule has 0 aromatic heterocycles. The van der Waals surface area contributed by atoms with Crippen molar-refractivity contribution in [2.75, 3.05) is 0 Å². The number of ether oxygens (including phenoxy) is 2. The Morgan fingerprint density at radius 2 is 1.35 bits per heavy atom. The monoisotopic (exact) mass is 424 g/mol. The summed E-state index contributed by atoms with van der Waals surface area (Å²) in [6.45, 7) is 18.4. The standard InChI is InChI=1S/C27H36O4/c1-25(2,3)21-15-17-23(30-26(4,5)6)20(24(21)31-27(7,8)9)14-16-22(29)18-10-12-19(28)13-11-18/h10-17,28H,1-9H3. The fourth-order valence-corrected chi connectivity index (χ4v) is 3.05. The molecule has 31 heavy (non-hydrogen) atoms. The van der Waals surface area contributed by atoms with Crippen molar-refractivity contribution in [3.63, 3.8) is 0 Å². The van der Waals surface area contributed by atoms with Crippen LogP contribution in [0.5, 0.6) is 17.2 Å². The molecule has 0 saturated heterocycles. The number of rotatable bonds is 5. The third-order valence-corrected chi connectivity index (χ3v) is 4.34. The SMILES string of the molecule is CC(C)(C)Oc1ccc(C(C)(C)C)c(OC(C)(C)C)c1C=CC(=O)c1ccc(O)cc1. The highest BCUT2D eigenvalue weighted by Gasteiger charge is 2.27. The topological polar surface area (TPSA) is 55.8 Å². The van der Waals surface area contributed by atoms with Gasteiger partial charge in [0.1, 0.15) is 28.5 Å². The number of hydrogen-bond acceptors (Lipinski definition) is 4. The summed E-state index contributed by atoms with van der Waals surface area (Å²) in [5, 5.41) is 9.48. The van der Waals surface area contributed by atoms with Crippen LogP contribution in [0.1, 0.15) is 83.8 Å². The first-order chi connectivity index (χ1) is 14.1.